The molecule has 0 amide bonds. The van der Waals surface area contributed by atoms with Crippen molar-refractivity contribution in [2.75, 3.05) is 6.26 Å². The van der Waals surface area contributed by atoms with E-state index in [-0.39, 0.29) is 17.0 Å². The summed E-state index contributed by atoms with van der Waals surface area (Å²) in [5.74, 6) is 0.839. The van der Waals surface area contributed by atoms with Crippen LogP contribution in [-0.2, 0) is 5.75 Å². The second kappa shape index (κ2) is 5.27. The third-order valence-corrected chi connectivity index (χ3v) is 3.10. The van der Waals surface area contributed by atoms with Crippen molar-refractivity contribution in [2.45, 2.75) is 12.7 Å². The highest BCUT2D eigenvalue weighted by Gasteiger charge is 2.12. The first-order valence-corrected chi connectivity index (χ1v) is 6.89. The molecule has 0 aliphatic heterocycles. The molecule has 2 N–H and O–H groups in total. The van der Waals surface area contributed by atoms with Crippen LogP contribution >= 0.6 is 11.8 Å². The largest absolute Gasteiger partial charge is 0.493 e. The number of thioether (sulfide) groups is 1. The predicted octanol–water partition coefficient (Wildman–Crippen LogP) is 2.31. The molecule has 94 valence electrons. The molecule has 1 aromatic carbocycles. The van der Waals surface area contributed by atoms with Gasteiger partial charge in [0.15, 0.2) is 0 Å². The Hall–Kier alpha value is -1.75. The van der Waals surface area contributed by atoms with Crippen molar-refractivity contribution >= 4 is 11.8 Å². The number of benzene rings is 1. The van der Waals surface area contributed by atoms with Crippen LogP contribution in [0.1, 0.15) is 11.4 Å². The second-order valence-electron chi connectivity index (χ2n) is 4.01. The van der Waals surface area contributed by atoms with Gasteiger partial charge in [0.1, 0.15) is 11.4 Å². The molecule has 2 aromatic rings. The van der Waals surface area contributed by atoms with Gasteiger partial charge in [-0.15, -0.1) is 0 Å². The zero-order valence-electron chi connectivity index (χ0n) is 10.2. The minimum atomic E-state index is -0.308. The Morgan fingerprint density at radius 2 is 2.22 bits per heavy atom. The summed E-state index contributed by atoms with van der Waals surface area (Å²) in [6, 6.07) is 7.41. The summed E-state index contributed by atoms with van der Waals surface area (Å²) in [5, 5.41) is 9.90. The highest BCUT2D eigenvalue weighted by Crippen LogP contribution is 2.24. The molecule has 0 aliphatic carbocycles. The van der Waals surface area contributed by atoms with Gasteiger partial charge in [0, 0.05) is 0 Å². The average molecular weight is 262 g/mol. The van der Waals surface area contributed by atoms with Crippen LogP contribution in [0.15, 0.2) is 29.1 Å². The summed E-state index contributed by atoms with van der Waals surface area (Å²) < 4.78 is 0. The van der Waals surface area contributed by atoms with E-state index >= 15 is 0 Å². The SMILES string of the molecule is CSCc1nc(O)c(-c2cccc(C)c2)c(=O)[nH]1. The van der Waals surface area contributed by atoms with E-state index in [0.29, 0.717) is 17.1 Å². The molecule has 0 radical (unpaired) electrons. The number of aromatic nitrogens is 2. The van der Waals surface area contributed by atoms with E-state index in [9.17, 15) is 9.90 Å². The quantitative estimate of drug-likeness (QED) is 0.891. The Bertz CT molecular complexity index is 623. The number of aromatic hydroxyl groups is 1. The van der Waals surface area contributed by atoms with E-state index in [1.54, 1.807) is 6.07 Å². The molecule has 1 heterocycles. The first-order valence-electron chi connectivity index (χ1n) is 5.50. The maximum Gasteiger partial charge on any atom is 0.262 e. The molecule has 5 heteroatoms. The fourth-order valence-electron chi connectivity index (χ4n) is 1.77. The average Bonchev–Trinajstić information content (AvgIpc) is 2.28. The molecule has 2 rings (SSSR count). The van der Waals surface area contributed by atoms with Gasteiger partial charge in [0.25, 0.3) is 5.56 Å². The van der Waals surface area contributed by atoms with E-state index in [2.05, 4.69) is 9.97 Å². The molecule has 0 atom stereocenters. The van der Waals surface area contributed by atoms with Crippen LogP contribution in [0, 0.1) is 6.92 Å². The molecule has 1 aromatic heterocycles. The van der Waals surface area contributed by atoms with Gasteiger partial charge in [0.05, 0.1) is 5.75 Å². The molecule has 4 nitrogen and oxygen atoms in total. The van der Waals surface area contributed by atoms with Crippen molar-refractivity contribution in [1.29, 1.82) is 0 Å². The van der Waals surface area contributed by atoms with Crippen molar-refractivity contribution in [3.63, 3.8) is 0 Å². The maximum atomic E-state index is 12.0. The van der Waals surface area contributed by atoms with Gasteiger partial charge >= 0.3 is 0 Å². The van der Waals surface area contributed by atoms with Gasteiger partial charge < -0.3 is 10.1 Å². The van der Waals surface area contributed by atoms with Crippen LogP contribution in [0.2, 0.25) is 0 Å². The maximum absolute atomic E-state index is 12.0. The van der Waals surface area contributed by atoms with Gasteiger partial charge in [0.2, 0.25) is 5.88 Å². The van der Waals surface area contributed by atoms with E-state index in [1.165, 1.54) is 11.8 Å². The van der Waals surface area contributed by atoms with Gasteiger partial charge in [-0.2, -0.15) is 16.7 Å². The summed E-state index contributed by atoms with van der Waals surface area (Å²) in [4.78, 5) is 18.7. The third kappa shape index (κ3) is 2.56. The second-order valence-corrected chi connectivity index (χ2v) is 4.88. The van der Waals surface area contributed by atoms with Crippen LogP contribution in [0.4, 0.5) is 0 Å². The molecule has 18 heavy (non-hydrogen) atoms. The number of rotatable bonds is 3. The fourth-order valence-corrected chi connectivity index (χ4v) is 2.18. The van der Waals surface area contributed by atoms with Crippen molar-refractivity contribution in [3.05, 3.63) is 46.0 Å². The minimum absolute atomic E-state index is 0.214. The van der Waals surface area contributed by atoms with Crippen LogP contribution in [0.3, 0.4) is 0 Å². The van der Waals surface area contributed by atoms with Crippen LogP contribution in [0.25, 0.3) is 11.1 Å². The molecule has 0 saturated heterocycles. The molecule has 0 unspecified atom stereocenters. The van der Waals surface area contributed by atoms with Gasteiger partial charge in [-0.1, -0.05) is 29.8 Å². The van der Waals surface area contributed by atoms with Gasteiger partial charge in [-0.25, -0.2) is 0 Å². The molecule has 0 spiro atoms. The third-order valence-electron chi connectivity index (χ3n) is 2.54. The number of nitrogens with one attached hydrogen (secondary N) is 1. The van der Waals surface area contributed by atoms with E-state index in [0.717, 1.165) is 5.56 Å². The predicted molar refractivity (Wildman–Crippen MR) is 73.9 cm³/mol. The number of aryl methyl sites for hydroxylation is 1. The smallest absolute Gasteiger partial charge is 0.262 e. The van der Waals surface area contributed by atoms with Crippen LogP contribution in [0.5, 0.6) is 5.88 Å². The lowest BCUT2D eigenvalue weighted by molar-refractivity contribution is 0.451. The summed E-state index contributed by atoms with van der Waals surface area (Å²) in [7, 11) is 0. The number of hydrogen-bond donors (Lipinski definition) is 2. The Morgan fingerprint density at radius 3 is 2.83 bits per heavy atom. The highest BCUT2D eigenvalue weighted by atomic mass is 32.2. The van der Waals surface area contributed by atoms with Crippen LogP contribution < -0.4 is 5.56 Å². The summed E-state index contributed by atoms with van der Waals surface area (Å²) in [6.07, 6.45) is 1.91. The Labute approximate surface area is 109 Å². The molecular weight excluding hydrogens is 248 g/mol. The summed E-state index contributed by atoms with van der Waals surface area (Å²) in [6.45, 7) is 1.93. The minimum Gasteiger partial charge on any atom is -0.493 e. The van der Waals surface area contributed by atoms with Crippen molar-refractivity contribution in [2.24, 2.45) is 0 Å². The summed E-state index contributed by atoms with van der Waals surface area (Å²) in [5.41, 5.74) is 1.62. The Morgan fingerprint density at radius 1 is 1.44 bits per heavy atom. The standard InChI is InChI=1S/C13H14N2O2S/c1-8-4-3-5-9(6-8)11-12(16)14-10(7-18-2)15-13(11)17/h3-6H,7H2,1-2H3,(H2,14,15,16,17). The van der Waals surface area contributed by atoms with E-state index in [4.69, 9.17) is 0 Å². The number of aromatic amines is 1. The number of hydrogen-bond acceptors (Lipinski definition) is 4. The highest BCUT2D eigenvalue weighted by molar-refractivity contribution is 7.97. The monoisotopic (exact) mass is 262 g/mol. The normalized spacial score (nSPS) is 10.6. The molecule has 0 fully saturated rings. The molecule has 0 saturated carbocycles. The lowest BCUT2D eigenvalue weighted by Crippen LogP contribution is -2.13. The number of nitrogens with zero attached hydrogens (tertiary/aromatic N) is 1. The zero-order chi connectivity index (χ0) is 13.1. The zero-order valence-corrected chi connectivity index (χ0v) is 11.0. The first-order chi connectivity index (χ1) is 8.61. The lowest BCUT2D eigenvalue weighted by Gasteiger charge is -2.06. The van der Waals surface area contributed by atoms with E-state index < -0.39 is 0 Å². The summed E-state index contributed by atoms with van der Waals surface area (Å²) >= 11 is 1.53. The van der Waals surface area contributed by atoms with Crippen molar-refractivity contribution in [1.82, 2.24) is 9.97 Å². The molecule has 0 bridgehead atoms. The van der Waals surface area contributed by atoms with Crippen molar-refractivity contribution in [3.8, 4) is 17.0 Å². The topological polar surface area (TPSA) is 66.0 Å². The fraction of sp³-hybridized carbons (Fsp3) is 0.231. The van der Waals surface area contributed by atoms with Gasteiger partial charge in [-0.05, 0) is 18.7 Å². The first kappa shape index (κ1) is 12.7. The molecular formula is C13H14N2O2S. The van der Waals surface area contributed by atoms with E-state index in [1.807, 2.05) is 31.4 Å². The van der Waals surface area contributed by atoms with Crippen molar-refractivity contribution < 1.29 is 5.11 Å². The lowest BCUT2D eigenvalue weighted by atomic mass is 10.1. The molecule has 0 aliphatic rings. The number of H-pyrrole nitrogens is 1. The van der Waals surface area contributed by atoms with Gasteiger partial charge in [-0.3, -0.25) is 4.79 Å². The van der Waals surface area contributed by atoms with Crippen LogP contribution in [-0.4, -0.2) is 21.3 Å². The Kier molecular flexibility index (Phi) is 3.72. The Balaban J connectivity index is 2.55.